The average Bonchev–Trinajstić information content (AvgIpc) is 2.17. The molecule has 0 aromatic carbocycles. The van der Waals surface area contributed by atoms with E-state index in [1.165, 1.54) is 18.7 Å². The molecule has 0 radical (unpaired) electrons. The second-order valence-electron chi connectivity index (χ2n) is 4.73. The van der Waals surface area contributed by atoms with Crippen LogP contribution in [0.3, 0.4) is 0 Å². The molecule has 1 unspecified atom stereocenters. The van der Waals surface area contributed by atoms with Gasteiger partial charge in [-0.05, 0) is 5.41 Å². The molecule has 1 aromatic rings. The summed E-state index contributed by atoms with van der Waals surface area (Å²) in [5, 5.41) is 0. The van der Waals surface area contributed by atoms with Gasteiger partial charge in [-0.15, -0.1) is 0 Å². The molecule has 1 rings (SSSR count). The average molecular weight is 207 g/mol. The number of Topliss-reactive ketones (excluding diaryl/α,β-unsaturated/α-hetero) is 1. The third-order valence-electron chi connectivity index (χ3n) is 2.40. The predicted octanol–water partition coefficient (Wildman–Crippen LogP) is 1.42. The first-order valence-electron chi connectivity index (χ1n) is 4.95. The third-order valence-corrected chi connectivity index (χ3v) is 2.40. The van der Waals surface area contributed by atoms with Crippen LogP contribution >= 0.6 is 0 Å². The number of carbonyl (C=O) groups is 1. The molecule has 0 amide bonds. The summed E-state index contributed by atoms with van der Waals surface area (Å²) in [4.78, 5) is 19.3. The minimum absolute atomic E-state index is 0.00183. The van der Waals surface area contributed by atoms with Crippen LogP contribution in [0.1, 0.15) is 37.6 Å². The Bertz CT molecular complexity index is 329. The van der Waals surface area contributed by atoms with E-state index in [-0.39, 0.29) is 17.2 Å². The van der Waals surface area contributed by atoms with Crippen molar-refractivity contribution in [2.45, 2.75) is 33.2 Å². The van der Waals surface area contributed by atoms with Crippen molar-refractivity contribution in [2.24, 2.45) is 11.1 Å². The van der Waals surface area contributed by atoms with E-state index in [1.54, 1.807) is 0 Å². The van der Waals surface area contributed by atoms with Gasteiger partial charge in [0.15, 0.2) is 5.78 Å². The first kappa shape index (κ1) is 11.8. The van der Waals surface area contributed by atoms with Crippen molar-refractivity contribution in [3.8, 4) is 0 Å². The molecule has 0 saturated heterocycles. The Hall–Kier alpha value is -1.29. The van der Waals surface area contributed by atoms with Crippen molar-refractivity contribution < 1.29 is 4.79 Å². The minimum Gasteiger partial charge on any atom is -0.327 e. The lowest BCUT2D eigenvalue weighted by atomic mass is 9.84. The van der Waals surface area contributed by atoms with Crippen molar-refractivity contribution in [1.29, 1.82) is 0 Å². The van der Waals surface area contributed by atoms with E-state index in [0.717, 1.165) is 0 Å². The third kappa shape index (κ3) is 3.40. The molecule has 0 fully saturated rings. The molecule has 4 nitrogen and oxygen atoms in total. The Balaban J connectivity index is 2.65. The molecule has 0 saturated carbocycles. The summed E-state index contributed by atoms with van der Waals surface area (Å²) in [6, 6.07) is -0.148. The standard InChI is InChI=1S/C11H17N3O/c1-11(2,3)10(12)4-9(15)8-5-13-7-14-6-8/h5-7,10H,4,12H2,1-3H3. The molecule has 0 bridgehead atoms. The van der Waals surface area contributed by atoms with Gasteiger partial charge in [-0.3, -0.25) is 4.79 Å². The maximum absolute atomic E-state index is 11.7. The number of carbonyl (C=O) groups excluding carboxylic acids is 1. The molecule has 82 valence electrons. The largest absolute Gasteiger partial charge is 0.327 e. The first-order chi connectivity index (χ1) is 6.91. The summed E-state index contributed by atoms with van der Waals surface area (Å²) < 4.78 is 0. The van der Waals surface area contributed by atoms with Crippen molar-refractivity contribution in [1.82, 2.24) is 9.97 Å². The fourth-order valence-electron chi connectivity index (χ4n) is 1.07. The molecule has 1 atom stereocenters. The second-order valence-corrected chi connectivity index (χ2v) is 4.73. The van der Waals surface area contributed by atoms with Crippen LogP contribution in [0.4, 0.5) is 0 Å². The summed E-state index contributed by atoms with van der Waals surface area (Å²) >= 11 is 0. The van der Waals surface area contributed by atoms with Gasteiger partial charge in [0.05, 0.1) is 5.56 Å². The predicted molar refractivity (Wildman–Crippen MR) is 58.4 cm³/mol. The highest BCUT2D eigenvalue weighted by atomic mass is 16.1. The molecular formula is C11H17N3O. The van der Waals surface area contributed by atoms with Crippen molar-refractivity contribution in [2.75, 3.05) is 0 Å². The monoisotopic (exact) mass is 207 g/mol. The maximum Gasteiger partial charge on any atom is 0.167 e. The quantitative estimate of drug-likeness (QED) is 0.761. The van der Waals surface area contributed by atoms with E-state index in [1.807, 2.05) is 20.8 Å². The molecular weight excluding hydrogens is 190 g/mol. The topological polar surface area (TPSA) is 68.9 Å². The van der Waals surface area contributed by atoms with Crippen LogP contribution in [0.5, 0.6) is 0 Å². The summed E-state index contributed by atoms with van der Waals surface area (Å²) in [6.07, 6.45) is 4.77. The number of ketones is 1. The lowest BCUT2D eigenvalue weighted by molar-refractivity contribution is 0.0952. The fraction of sp³-hybridized carbons (Fsp3) is 0.545. The van der Waals surface area contributed by atoms with Crippen molar-refractivity contribution >= 4 is 5.78 Å². The summed E-state index contributed by atoms with van der Waals surface area (Å²) in [5.74, 6) is -0.00183. The molecule has 1 aromatic heterocycles. The number of nitrogens with zero attached hydrogens (tertiary/aromatic N) is 2. The number of hydrogen-bond donors (Lipinski definition) is 1. The molecule has 15 heavy (non-hydrogen) atoms. The van der Waals surface area contributed by atoms with Gasteiger partial charge in [-0.1, -0.05) is 20.8 Å². The highest BCUT2D eigenvalue weighted by molar-refractivity contribution is 5.95. The first-order valence-corrected chi connectivity index (χ1v) is 4.95. The van der Waals surface area contributed by atoms with Crippen LogP contribution in [0.25, 0.3) is 0 Å². The molecule has 0 aliphatic rings. The van der Waals surface area contributed by atoms with Gasteiger partial charge in [0.1, 0.15) is 6.33 Å². The molecule has 1 heterocycles. The van der Waals surface area contributed by atoms with Gasteiger partial charge in [0, 0.05) is 24.9 Å². The Kier molecular flexibility index (Phi) is 3.52. The summed E-state index contributed by atoms with van der Waals surface area (Å²) in [5.41, 5.74) is 6.39. The van der Waals surface area contributed by atoms with E-state index >= 15 is 0 Å². The number of hydrogen-bond acceptors (Lipinski definition) is 4. The van der Waals surface area contributed by atoms with Crippen LogP contribution in [0, 0.1) is 5.41 Å². The van der Waals surface area contributed by atoms with E-state index in [0.29, 0.717) is 12.0 Å². The lowest BCUT2D eigenvalue weighted by Crippen LogP contribution is -2.37. The van der Waals surface area contributed by atoms with Crippen molar-refractivity contribution in [3.63, 3.8) is 0 Å². The van der Waals surface area contributed by atoms with Crippen LogP contribution in [-0.2, 0) is 0 Å². The van der Waals surface area contributed by atoms with Crippen molar-refractivity contribution in [3.05, 3.63) is 24.3 Å². The number of rotatable bonds is 3. The maximum atomic E-state index is 11.7. The van der Waals surface area contributed by atoms with Crippen LogP contribution in [0.2, 0.25) is 0 Å². The van der Waals surface area contributed by atoms with Gasteiger partial charge in [0.2, 0.25) is 0 Å². The zero-order valence-electron chi connectivity index (χ0n) is 9.40. The van der Waals surface area contributed by atoms with E-state index in [9.17, 15) is 4.79 Å². The zero-order valence-corrected chi connectivity index (χ0v) is 9.40. The van der Waals surface area contributed by atoms with Gasteiger partial charge < -0.3 is 5.73 Å². The van der Waals surface area contributed by atoms with Gasteiger partial charge >= 0.3 is 0 Å². The summed E-state index contributed by atoms with van der Waals surface area (Å²) in [6.45, 7) is 6.06. The van der Waals surface area contributed by atoms with Crippen LogP contribution in [-0.4, -0.2) is 21.8 Å². The van der Waals surface area contributed by atoms with E-state index in [2.05, 4.69) is 9.97 Å². The molecule has 4 heteroatoms. The van der Waals surface area contributed by atoms with Gasteiger partial charge in [-0.2, -0.15) is 0 Å². The van der Waals surface area contributed by atoms with Crippen LogP contribution < -0.4 is 5.73 Å². The van der Waals surface area contributed by atoms with Gasteiger partial charge in [-0.25, -0.2) is 9.97 Å². The lowest BCUT2D eigenvalue weighted by Gasteiger charge is -2.26. The van der Waals surface area contributed by atoms with Gasteiger partial charge in [0.25, 0.3) is 0 Å². The number of aromatic nitrogens is 2. The van der Waals surface area contributed by atoms with E-state index in [4.69, 9.17) is 5.73 Å². The van der Waals surface area contributed by atoms with Crippen LogP contribution in [0.15, 0.2) is 18.7 Å². The Labute approximate surface area is 89.9 Å². The molecule has 0 aliphatic carbocycles. The van der Waals surface area contributed by atoms with E-state index < -0.39 is 0 Å². The summed E-state index contributed by atoms with van der Waals surface area (Å²) in [7, 11) is 0. The molecule has 0 aliphatic heterocycles. The molecule has 0 spiro atoms. The Morgan fingerprint density at radius 3 is 2.40 bits per heavy atom. The SMILES string of the molecule is CC(C)(C)C(N)CC(=O)c1cncnc1. The highest BCUT2D eigenvalue weighted by Crippen LogP contribution is 2.20. The minimum atomic E-state index is -0.148. The number of nitrogens with two attached hydrogens (primary N) is 1. The second kappa shape index (κ2) is 4.49. The normalized spacial score (nSPS) is 13.6. The Morgan fingerprint density at radius 2 is 1.93 bits per heavy atom. The highest BCUT2D eigenvalue weighted by Gasteiger charge is 2.23. The smallest absolute Gasteiger partial charge is 0.167 e. The molecule has 2 N–H and O–H groups in total. The zero-order chi connectivity index (χ0) is 11.5. The fourth-order valence-corrected chi connectivity index (χ4v) is 1.07. The Morgan fingerprint density at radius 1 is 1.40 bits per heavy atom.